The fraction of sp³-hybridized carbons (Fsp3) is 0.400. The van der Waals surface area contributed by atoms with Crippen molar-refractivity contribution >= 4 is 11.5 Å². The standard InChI is InChI=1S/C25H29N3O/c1-2-3-4-5-6-11-16-27-17-19-28(20-18-27)25-21-12-7-9-14-23(21)29-24-15-10-8-13-22(24)26-25/h7-10,12-15H,2-5,16-20H2,1H3. The monoisotopic (exact) mass is 387 g/mol. The van der Waals surface area contributed by atoms with Crippen molar-refractivity contribution in [1.82, 2.24) is 9.80 Å². The van der Waals surface area contributed by atoms with Crippen LogP contribution in [0.5, 0.6) is 11.5 Å². The molecule has 2 aromatic carbocycles. The summed E-state index contributed by atoms with van der Waals surface area (Å²) in [5.41, 5.74) is 1.95. The Kier molecular flexibility index (Phi) is 6.49. The number of hydrogen-bond donors (Lipinski definition) is 0. The normalized spacial score (nSPS) is 15.9. The first-order valence-corrected chi connectivity index (χ1v) is 10.7. The van der Waals surface area contributed by atoms with Crippen LogP contribution in [0.4, 0.5) is 5.69 Å². The zero-order chi connectivity index (χ0) is 19.9. The molecule has 1 fully saturated rings. The Balaban J connectivity index is 1.44. The van der Waals surface area contributed by atoms with E-state index in [4.69, 9.17) is 9.73 Å². The fourth-order valence-corrected chi connectivity index (χ4v) is 3.75. The number of ether oxygens (including phenoxy) is 1. The predicted molar refractivity (Wildman–Crippen MR) is 119 cm³/mol. The third-order valence-electron chi connectivity index (χ3n) is 5.44. The SMILES string of the molecule is CCCCCC#CCN1CCN(C2=Nc3ccccc3Oc3ccccc32)CC1. The maximum absolute atomic E-state index is 6.17. The predicted octanol–water partition coefficient (Wildman–Crippen LogP) is 5.07. The smallest absolute Gasteiger partial charge is 0.153 e. The van der Waals surface area contributed by atoms with Gasteiger partial charge in [-0.05, 0) is 30.7 Å². The lowest BCUT2D eigenvalue weighted by Gasteiger charge is -2.35. The minimum atomic E-state index is 0.812. The highest BCUT2D eigenvalue weighted by Crippen LogP contribution is 2.37. The van der Waals surface area contributed by atoms with Gasteiger partial charge in [-0.1, -0.05) is 50.0 Å². The van der Waals surface area contributed by atoms with Gasteiger partial charge in [-0.3, -0.25) is 4.90 Å². The van der Waals surface area contributed by atoms with Crippen molar-refractivity contribution in [2.75, 3.05) is 32.7 Å². The summed E-state index contributed by atoms with van der Waals surface area (Å²) in [5, 5.41) is 0. The number of hydrogen-bond acceptors (Lipinski definition) is 4. The molecular weight excluding hydrogens is 358 g/mol. The lowest BCUT2D eigenvalue weighted by atomic mass is 10.1. The zero-order valence-electron chi connectivity index (χ0n) is 17.2. The Hall–Kier alpha value is -2.77. The van der Waals surface area contributed by atoms with Gasteiger partial charge in [0.2, 0.25) is 0 Å². The summed E-state index contributed by atoms with van der Waals surface area (Å²) in [6.07, 6.45) is 4.79. The van der Waals surface area contributed by atoms with Crippen LogP contribution in [0, 0.1) is 11.8 Å². The van der Waals surface area contributed by atoms with E-state index in [0.717, 1.165) is 67.7 Å². The molecule has 0 bridgehead atoms. The zero-order valence-corrected chi connectivity index (χ0v) is 17.2. The first-order chi connectivity index (χ1) is 14.3. The van der Waals surface area contributed by atoms with Crippen LogP contribution in [0.25, 0.3) is 0 Å². The lowest BCUT2D eigenvalue weighted by molar-refractivity contribution is 0.200. The average molecular weight is 388 g/mol. The first-order valence-electron chi connectivity index (χ1n) is 10.7. The van der Waals surface area contributed by atoms with E-state index >= 15 is 0 Å². The van der Waals surface area contributed by atoms with E-state index < -0.39 is 0 Å². The van der Waals surface area contributed by atoms with Crippen LogP contribution in [0.2, 0.25) is 0 Å². The second-order valence-electron chi connectivity index (χ2n) is 7.58. The van der Waals surface area contributed by atoms with Crippen molar-refractivity contribution in [2.24, 2.45) is 4.99 Å². The van der Waals surface area contributed by atoms with Crippen LogP contribution in [0.1, 0.15) is 38.2 Å². The molecule has 4 nitrogen and oxygen atoms in total. The van der Waals surface area contributed by atoms with Crippen LogP contribution in [-0.2, 0) is 0 Å². The van der Waals surface area contributed by atoms with Crippen molar-refractivity contribution in [3.63, 3.8) is 0 Å². The molecule has 29 heavy (non-hydrogen) atoms. The molecule has 0 aliphatic carbocycles. The fourth-order valence-electron chi connectivity index (χ4n) is 3.75. The van der Waals surface area contributed by atoms with Gasteiger partial charge in [-0.15, -0.1) is 5.92 Å². The Labute approximate surface area is 174 Å². The quantitative estimate of drug-likeness (QED) is 0.541. The number of unbranched alkanes of at least 4 members (excludes halogenated alkanes) is 3. The van der Waals surface area contributed by atoms with Crippen LogP contribution in [-0.4, -0.2) is 48.4 Å². The lowest BCUT2D eigenvalue weighted by Crippen LogP contribution is -2.48. The molecule has 2 aromatic rings. The van der Waals surface area contributed by atoms with E-state index in [-0.39, 0.29) is 0 Å². The van der Waals surface area contributed by atoms with Crippen LogP contribution < -0.4 is 4.74 Å². The molecule has 2 heterocycles. The Morgan fingerprint density at radius 1 is 0.897 bits per heavy atom. The van der Waals surface area contributed by atoms with E-state index in [9.17, 15) is 0 Å². The number of nitrogens with zero attached hydrogens (tertiary/aromatic N) is 3. The summed E-state index contributed by atoms with van der Waals surface area (Å²) < 4.78 is 6.17. The summed E-state index contributed by atoms with van der Waals surface area (Å²) in [7, 11) is 0. The number of aliphatic imine (C=N–C) groups is 1. The molecule has 0 atom stereocenters. The Morgan fingerprint density at radius 2 is 1.66 bits per heavy atom. The van der Waals surface area contributed by atoms with Gasteiger partial charge < -0.3 is 9.64 Å². The summed E-state index contributed by atoms with van der Waals surface area (Å²) in [6.45, 7) is 7.02. The highest BCUT2D eigenvalue weighted by atomic mass is 16.5. The van der Waals surface area contributed by atoms with Crippen LogP contribution in [0.15, 0.2) is 53.5 Å². The molecule has 0 saturated carbocycles. The van der Waals surface area contributed by atoms with Gasteiger partial charge in [0.05, 0.1) is 12.1 Å². The maximum Gasteiger partial charge on any atom is 0.153 e. The van der Waals surface area contributed by atoms with Crippen molar-refractivity contribution < 1.29 is 4.74 Å². The van der Waals surface area contributed by atoms with Crippen molar-refractivity contribution in [3.8, 4) is 23.3 Å². The minimum Gasteiger partial charge on any atom is -0.454 e. The number of piperazine rings is 1. The Morgan fingerprint density at radius 3 is 2.48 bits per heavy atom. The number of para-hydroxylation sites is 3. The molecule has 0 aromatic heterocycles. The second kappa shape index (κ2) is 9.62. The summed E-state index contributed by atoms with van der Waals surface area (Å²) >= 11 is 0. The van der Waals surface area contributed by atoms with E-state index in [1.54, 1.807) is 0 Å². The van der Waals surface area contributed by atoms with E-state index in [2.05, 4.69) is 40.7 Å². The van der Waals surface area contributed by atoms with Gasteiger partial charge in [0.1, 0.15) is 17.3 Å². The third kappa shape index (κ3) is 4.81. The Bertz CT molecular complexity index is 917. The van der Waals surface area contributed by atoms with Crippen LogP contribution >= 0.6 is 0 Å². The molecule has 150 valence electrons. The molecule has 2 aliphatic rings. The van der Waals surface area contributed by atoms with Gasteiger partial charge in [-0.2, -0.15) is 0 Å². The van der Waals surface area contributed by atoms with E-state index in [1.807, 2.05) is 36.4 Å². The van der Waals surface area contributed by atoms with E-state index in [1.165, 1.54) is 19.3 Å². The number of fused-ring (bicyclic) bond motifs is 2. The van der Waals surface area contributed by atoms with E-state index in [0.29, 0.717) is 0 Å². The van der Waals surface area contributed by atoms with Crippen molar-refractivity contribution in [1.29, 1.82) is 0 Å². The molecule has 0 amide bonds. The highest BCUT2D eigenvalue weighted by Gasteiger charge is 2.25. The molecule has 1 saturated heterocycles. The molecular formula is C25H29N3O. The average Bonchev–Trinajstić information content (AvgIpc) is 2.93. The highest BCUT2D eigenvalue weighted by molar-refractivity contribution is 6.03. The molecule has 0 N–H and O–H groups in total. The maximum atomic E-state index is 6.17. The van der Waals surface area contributed by atoms with Crippen LogP contribution in [0.3, 0.4) is 0 Å². The summed E-state index contributed by atoms with van der Waals surface area (Å²) in [6, 6.07) is 16.2. The number of benzene rings is 2. The first kappa shape index (κ1) is 19.5. The third-order valence-corrected chi connectivity index (χ3v) is 5.44. The molecule has 0 unspecified atom stereocenters. The summed E-state index contributed by atoms with van der Waals surface area (Å²) in [5.74, 6) is 9.38. The van der Waals surface area contributed by atoms with Gasteiger partial charge in [0, 0.05) is 32.6 Å². The minimum absolute atomic E-state index is 0.812. The van der Waals surface area contributed by atoms with Gasteiger partial charge >= 0.3 is 0 Å². The van der Waals surface area contributed by atoms with Gasteiger partial charge in [-0.25, -0.2) is 4.99 Å². The van der Waals surface area contributed by atoms with Crippen molar-refractivity contribution in [3.05, 3.63) is 54.1 Å². The molecule has 2 aliphatic heterocycles. The molecule has 0 radical (unpaired) electrons. The van der Waals surface area contributed by atoms with Gasteiger partial charge in [0.15, 0.2) is 5.75 Å². The largest absolute Gasteiger partial charge is 0.454 e. The topological polar surface area (TPSA) is 28.1 Å². The second-order valence-corrected chi connectivity index (χ2v) is 7.58. The number of amidine groups is 1. The van der Waals surface area contributed by atoms with Crippen molar-refractivity contribution in [2.45, 2.75) is 32.6 Å². The number of rotatable bonds is 4. The molecule has 4 rings (SSSR count). The molecule has 0 spiro atoms. The summed E-state index contributed by atoms with van der Waals surface area (Å²) in [4.78, 5) is 9.83. The molecule has 4 heteroatoms. The van der Waals surface area contributed by atoms with Gasteiger partial charge in [0.25, 0.3) is 0 Å².